The number of nitrogens with zero attached hydrogens (tertiary/aromatic N) is 4. The molecule has 0 bridgehead atoms. The molecule has 1 aromatic carbocycles. The van der Waals surface area contributed by atoms with E-state index in [2.05, 4.69) is 9.84 Å². The lowest BCUT2D eigenvalue weighted by atomic mass is 10.1. The summed E-state index contributed by atoms with van der Waals surface area (Å²) in [5.74, 6) is -0.395. The fourth-order valence-corrected chi connectivity index (χ4v) is 3.37. The maximum atomic E-state index is 13.2. The van der Waals surface area contributed by atoms with E-state index in [1.165, 1.54) is 21.3 Å². The third kappa shape index (κ3) is 3.68. The van der Waals surface area contributed by atoms with Gasteiger partial charge in [-0.05, 0) is 30.3 Å². The van der Waals surface area contributed by atoms with Gasteiger partial charge < -0.3 is 9.30 Å². The highest BCUT2D eigenvalue weighted by Crippen LogP contribution is 2.29. The van der Waals surface area contributed by atoms with Gasteiger partial charge in [-0.3, -0.25) is 14.0 Å². The molecule has 0 N–H and O–H groups in total. The maximum Gasteiger partial charge on any atom is 0.573 e. The molecule has 0 saturated carbocycles. The standard InChI is InChI=1S/C20H16F4N4O2/c1-26-11-13(10-25-26)17-12-28(14-2-4-15(5-3-14)30-20(22,23)24)19(29)18-16(17)6-8-27(18)9-7-21/h2-6,8,10-12H,7,9H2,1H3. The van der Waals surface area contributed by atoms with Crippen LogP contribution in [0.2, 0.25) is 0 Å². The second-order valence-electron chi connectivity index (χ2n) is 6.62. The van der Waals surface area contributed by atoms with Gasteiger partial charge in [-0.15, -0.1) is 13.2 Å². The number of pyridine rings is 1. The van der Waals surface area contributed by atoms with Crippen molar-refractivity contribution in [3.63, 3.8) is 0 Å². The van der Waals surface area contributed by atoms with Crippen molar-refractivity contribution >= 4 is 10.9 Å². The van der Waals surface area contributed by atoms with Crippen LogP contribution in [0, 0.1) is 0 Å². The summed E-state index contributed by atoms with van der Waals surface area (Å²) in [5.41, 5.74) is 1.65. The molecule has 30 heavy (non-hydrogen) atoms. The molecule has 0 radical (unpaired) electrons. The van der Waals surface area contributed by atoms with E-state index in [1.54, 1.807) is 42.6 Å². The monoisotopic (exact) mass is 420 g/mol. The Kier molecular flexibility index (Phi) is 4.84. The van der Waals surface area contributed by atoms with Crippen LogP contribution in [0.25, 0.3) is 27.7 Å². The minimum Gasteiger partial charge on any atom is -0.406 e. The van der Waals surface area contributed by atoms with Crippen LogP contribution < -0.4 is 10.3 Å². The normalized spacial score (nSPS) is 11.9. The number of benzene rings is 1. The van der Waals surface area contributed by atoms with Crippen molar-refractivity contribution in [1.82, 2.24) is 18.9 Å². The van der Waals surface area contributed by atoms with Gasteiger partial charge in [0.2, 0.25) is 0 Å². The zero-order valence-corrected chi connectivity index (χ0v) is 15.7. The van der Waals surface area contributed by atoms with Gasteiger partial charge in [0.15, 0.2) is 0 Å². The van der Waals surface area contributed by atoms with Crippen molar-refractivity contribution in [3.8, 4) is 22.6 Å². The highest BCUT2D eigenvalue weighted by atomic mass is 19.4. The lowest BCUT2D eigenvalue weighted by molar-refractivity contribution is -0.274. The number of hydrogen-bond donors (Lipinski definition) is 0. The summed E-state index contributed by atoms with van der Waals surface area (Å²) in [6.07, 6.45) is 1.84. The van der Waals surface area contributed by atoms with E-state index in [-0.39, 0.29) is 6.54 Å². The van der Waals surface area contributed by atoms with Crippen molar-refractivity contribution in [2.24, 2.45) is 7.05 Å². The smallest absolute Gasteiger partial charge is 0.406 e. The Bertz CT molecular complexity index is 1250. The number of hydrogen-bond acceptors (Lipinski definition) is 3. The molecule has 10 heteroatoms. The van der Waals surface area contributed by atoms with Crippen molar-refractivity contribution in [2.45, 2.75) is 12.9 Å². The Morgan fingerprint density at radius 2 is 1.83 bits per heavy atom. The zero-order chi connectivity index (χ0) is 21.5. The molecule has 0 aliphatic carbocycles. The molecule has 0 spiro atoms. The molecule has 0 aliphatic heterocycles. The van der Waals surface area contributed by atoms with Crippen molar-refractivity contribution < 1.29 is 22.3 Å². The van der Waals surface area contributed by atoms with Gasteiger partial charge in [0.1, 0.15) is 17.9 Å². The molecule has 0 aliphatic rings. The van der Waals surface area contributed by atoms with E-state index in [0.29, 0.717) is 22.2 Å². The topological polar surface area (TPSA) is 54.0 Å². The predicted molar refractivity (Wildman–Crippen MR) is 102 cm³/mol. The molecular weight excluding hydrogens is 404 g/mol. The lowest BCUT2D eigenvalue weighted by Crippen LogP contribution is -2.21. The van der Waals surface area contributed by atoms with Crippen LogP contribution >= 0.6 is 0 Å². The molecule has 0 fully saturated rings. The summed E-state index contributed by atoms with van der Waals surface area (Å²) >= 11 is 0. The first-order valence-corrected chi connectivity index (χ1v) is 8.92. The van der Waals surface area contributed by atoms with Gasteiger partial charge in [-0.25, -0.2) is 4.39 Å². The molecular formula is C20H16F4N4O2. The van der Waals surface area contributed by atoms with Crippen molar-refractivity contribution in [2.75, 3.05) is 6.67 Å². The average molecular weight is 420 g/mol. The van der Waals surface area contributed by atoms with Gasteiger partial charge in [0, 0.05) is 47.8 Å². The minimum absolute atomic E-state index is 0.00753. The molecule has 4 rings (SSSR count). The third-order valence-corrected chi connectivity index (χ3v) is 4.62. The zero-order valence-electron chi connectivity index (χ0n) is 15.7. The summed E-state index contributed by atoms with van der Waals surface area (Å²) in [5, 5.41) is 4.79. The lowest BCUT2D eigenvalue weighted by Gasteiger charge is -2.13. The second kappa shape index (κ2) is 7.36. The predicted octanol–water partition coefficient (Wildman–Crippen LogP) is 4.06. The first kappa shape index (κ1) is 19.7. The summed E-state index contributed by atoms with van der Waals surface area (Å²) < 4.78 is 58.6. The summed E-state index contributed by atoms with van der Waals surface area (Å²) in [7, 11) is 1.75. The Labute approximate surface area is 167 Å². The highest BCUT2D eigenvalue weighted by Gasteiger charge is 2.31. The first-order chi connectivity index (χ1) is 14.3. The largest absolute Gasteiger partial charge is 0.573 e. The van der Waals surface area contributed by atoms with Crippen LogP contribution in [-0.4, -0.2) is 32.0 Å². The quantitative estimate of drug-likeness (QED) is 0.458. The van der Waals surface area contributed by atoms with Crippen LogP contribution in [0.15, 0.2) is 59.9 Å². The average Bonchev–Trinajstić information content (AvgIpc) is 3.29. The number of aryl methyl sites for hydroxylation is 2. The Morgan fingerprint density at radius 3 is 2.43 bits per heavy atom. The van der Waals surface area contributed by atoms with Crippen molar-refractivity contribution in [1.29, 1.82) is 0 Å². The van der Waals surface area contributed by atoms with Crippen LogP contribution in [0.3, 0.4) is 0 Å². The van der Waals surface area contributed by atoms with Gasteiger partial charge in [0.05, 0.1) is 12.7 Å². The molecule has 0 amide bonds. The minimum atomic E-state index is -4.81. The van der Waals surface area contributed by atoms with Gasteiger partial charge >= 0.3 is 6.36 Å². The van der Waals surface area contributed by atoms with Crippen LogP contribution in [-0.2, 0) is 13.6 Å². The second-order valence-corrected chi connectivity index (χ2v) is 6.62. The number of rotatable bonds is 5. The van der Waals surface area contributed by atoms with Crippen LogP contribution in [0.4, 0.5) is 17.6 Å². The molecule has 0 unspecified atom stereocenters. The Hall–Kier alpha value is -3.56. The summed E-state index contributed by atoms with van der Waals surface area (Å²) in [6, 6.07) is 6.69. The Morgan fingerprint density at radius 1 is 1.10 bits per heavy atom. The molecule has 0 atom stereocenters. The molecule has 4 aromatic rings. The van der Waals surface area contributed by atoms with E-state index in [9.17, 15) is 22.4 Å². The molecule has 156 valence electrons. The molecule has 3 aromatic heterocycles. The number of halogens is 4. The van der Waals surface area contributed by atoms with Gasteiger partial charge in [-0.1, -0.05) is 0 Å². The van der Waals surface area contributed by atoms with Crippen LogP contribution in [0.5, 0.6) is 5.75 Å². The van der Waals surface area contributed by atoms with E-state index in [0.717, 1.165) is 17.7 Å². The fourth-order valence-electron chi connectivity index (χ4n) is 3.37. The van der Waals surface area contributed by atoms with E-state index < -0.39 is 24.3 Å². The molecule has 3 heterocycles. The van der Waals surface area contributed by atoms with Crippen LogP contribution in [0.1, 0.15) is 0 Å². The fraction of sp³-hybridized carbons (Fsp3) is 0.200. The number of aromatic nitrogens is 4. The molecule has 0 saturated heterocycles. The number of alkyl halides is 4. The van der Waals surface area contributed by atoms with E-state index in [1.807, 2.05) is 0 Å². The molecule has 6 nitrogen and oxygen atoms in total. The Balaban J connectivity index is 1.90. The number of ether oxygens (including phenoxy) is 1. The maximum absolute atomic E-state index is 13.2. The van der Waals surface area contributed by atoms with Crippen molar-refractivity contribution in [3.05, 3.63) is 65.5 Å². The van der Waals surface area contributed by atoms with E-state index >= 15 is 0 Å². The van der Waals surface area contributed by atoms with Gasteiger partial charge in [-0.2, -0.15) is 5.10 Å². The summed E-state index contributed by atoms with van der Waals surface area (Å²) in [6.45, 7) is -0.641. The first-order valence-electron chi connectivity index (χ1n) is 8.92. The van der Waals surface area contributed by atoms with E-state index in [4.69, 9.17) is 0 Å². The summed E-state index contributed by atoms with van der Waals surface area (Å²) in [4.78, 5) is 13.2. The highest BCUT2D eigenvalue weighted by molar-refractivity contribution is 5.94. The van der Waals surface area contributed by atoms with Gasteiger partial charge in [0.25, 0.3) is 5.56 Å². The third-order valence-electron chi connectivity index (χ3n) is 4.62. The SMILES string of the molecule is Cn1cc(-c2cn(-c3ccc(OC(F)(F)F)cc3)c(=O)c3c2ccn3CCF)cn1. The number of fused-ring (bicyclic) bond motifs is 1.